The molecule has 0 aromatic heterocycles. The fraction of sp³-hybridized carbons (Fsp3) is 0.467. The van der Waals surface area contributed by atoms with Gasteiger partial charge in [0.2, 0.25) is 0 Å². The van der Waals surface area contributed by atoms with Crippen LogP contribution >= 0.6 is 11.6 Å². The van der Waals surface area contributed by atoms with Gasteiger partial charge in [0.25, 0.3) is 0 Å². The van der Waals surface area contributed by atoms with Gasteiger partial charge in [-0.2, -0.15) is 0 Å². The fourth-order valence-electron chi connectivity index (χ4n) is 3.08. The summed E-state index contributed by atoms with van der Waals surface area (Å²) in [4.78, 5) is 17.3. The summed E-state index contributed by atoms with van der Waals surface area (Å²) < 4.78 is 5.72. The van der Waals surface area contributed by atoms with Crippen LogP contribution in [0.3, 0.4) is 0 Å². The quantitative estimate of drug-likeness (QED) is 0.827. The average molecular weight is 371 g/mol. The molecule has 2 N–H and O–H groups in total. The first-order valence-electron chi connectivity index (χ1n) is 6.99. The van der Waals surface area contributed by atoms with Gasteiger partial charge in [-0.25, -0.2) is 0 Å². The molecule has 0 spiro atoms. The van der Waals surface area contributed by atoms with Gasteiger partial charge in [-0.3, -0.25) is 0 Å². The third-order valence-corrected chi connectivity index (χ3v) is 4.67. The van der Waals surface area contributed by atoms with Crippen LogP contribution in [0.5, 0.6) is 0 Å². The average Bonchev–Trinajstić information content (AvgIpc) is 2.40. The van der Waals surface area contributed by atoms with Gasteiger partial charge in [-0.15, -0.1) is 0 Å². The number of hydrogen-bond donors (Lipinski definition) is 1. The molecule has 0 amide bonds. The number of ether oxygens (including phenoxy) is 1. The SMILES string of the molecule is N[C@@H]([Se])CC1=N[C@@]2(c3ccccc3Cl)CCC[C@@H](O1)C2=O. The normalized spacial score (nSPS) is 29.6. The van der Waals surface area contributed by atoms with E-state index in [1.807, 2.05) is 18.2 Å². The van der Waals surface area contributed by atoms with Crippen molar-refractivity contribution in [3.63, 3.8) is 0 Å². The van der Waals surface area contributed by atoms with Crippen molar-refractivity contribution in [3.05, 3.63) is 34.9 Å². The van der Waals surface area contributed by atoms with Crippen LogP contribution in [0.1, 0.15) is 31.2 Å². The second-order valence-electron chi connectivity index (χ2n) is 5.45. The fourth-order valence-corrected chi connectivity index (χ4v) is 3.67. The number of carbonyl (C=O) groups is 1. The van der Waals surface area contributed by atoms with Gasteiger partial charge in [0.1, 0.15) is 0 Å². The number of hydrogen-bond acceptors (Lipinski definition) is 4. The van der Waals surface area contributed by atoms with Gasteiger partial charge in [0, 0.05) is 0 Å². The molecule has 1 heterocycles. The van der Waals surface area contributed by atoms with Crippen molar-refractivity contribution in [2.24, 2.45) is 10.7 Å². The molecule has 6 heteroatoms. The molecule has 21 heavy (non-hydrogen) atoms. The predicted octanol–water partition coefficient (Wildman–Crippen LogP) is 1.93. The molecule has 1 aliphatic heterocycles. The maximum absolute atomic E-state index is 12.8. The Morgan fingerprint density at radius 2 is 2.29 bits per heavy atom. The third-order valence-electron chi connectivity index (χ3n) is 3.99. The summed E-state index contributed by atoms with van der Waals surface area (Å²) in [6.07, 6.45) is 2.34. The van der Waals surface area contributed by atoms with Gasteiger partial charge in [0.15, 0.2) is 0 Å². The number of fused-ring (bicyclic) bond motifs is 2. The number of halogens is 1. The summed E-state index contributed by atoms with van der Waals surface area (Å²) >= 11 is 9.16. The Balaban J connectivity index is 2.11. The molecule has 0 saturated heterocycles. The molecular formula is C15H16ClN2O2Se. The van der Waals surface area contributed by atoms with Crippen LogP contribution in [0.4, 0.5) is 0 Å². The number of carbonyl (C=O) groups excluding carboxylic acids is 1. The van der Waals surface area contributed by atoms with E-state index >= 15 is 0 Å². The summed E-state index contributed by atoms with van der Waals surface area (Å²) in [6.45, 7) is 0. The third kappa shape index (κ3) is 2.64. The van der Waals surface area contributed by atoms with E-state index in [2.05, 4.69) is 21.0 Å². The van der Waals surface area contributed by atoms with E-state index in [1.54, 1.807) is 6.07 Å². The Hall–Kier alpha value is -0.871. The molecular weight excluding hydrogens is 355 g/mol. The zero-order valence-corrected chi connectivity index (χ0v) is 13.9. The summed E-state index contributed by atoms with van der Waals surface area (Å²) in [5.74, 6) is 0.560. The van der Waals surface area contributed by atoms with Crippen molar-refractivity contribution in [2.45, 2.75) is 42.3 Å². The number of nitrogens with zero attached hydrogens (tertiary/aromatic N) is 1. The van der Waals surface area contributed by atoms with E-state index in [4.69, 9.17) is 22.1 Å². The first-order chi connectivity index (χ1) is 10.0. The van der Waals surface area contributed by atoms with Crippen LogP contribution in [0.25, 0.3) is 0 Å². The van der Waals surface area contributed by atoms with Gasteiger partial charge in [-0.1, -0.05) is 0 Å². The van der Waals surface area contributed by atoms with Crippen LogP contribution in [-0.2, 0) is 15.1 Å². The molecule has 2 aliphatic rings. The molecule has 1 aliphatic carbocycles. The number of Topliss-reactive ketones (excluding diaryl/α,β-unsaturated/α-hetero) is 1. The Bertz CT molecular complexity index is 605. The van der Waals surface area contributed by atoms with Crippen LogP contribution in [0.15, 0.2) is 29.3 Å². The topological polar surface area (TPSA) is 64.7 Å². The molecule has 3 atom stereocenters. The number of nitrogens with two attached hydrogens (primary N) is 1. The molecule has 1 aromatic carbocycles. The van der Waals surface area contributed by atoms with Crippen LogP contribution in [-0.4, -0.2) is 38.7 Å². The van der Waals surface area contributed by atoms with E-state index in [0.29, 0.717) is 23.8 Å². The first kappa shape index (κ1) is 15.0. The predicted molar refractivity (Wildman–Crippen MR) is 82.6 cm³/mol. The standard InChI is InChI=1S/C15H16ClN2O2Se/c16-10-5-2-1-4-9(10)15-7-3-6-11(14(15)19)20-13(18-15)8-12(17)21/h1-2,4-5,11-12H,3,6-8,17H2/t11-,12+,15-/m1/s1. The maximum atomic E-state index is 12.8. The number of ketones is 1. The van der Waals surface area contributed by atoms with Gasteiger partial charge >= 0.3 is 137 Å². The zero-order chi connectivity index (χ0) is 15.0. The van der Waals surface area contributed by atoms with Crippen molar-refractivity contribution in [2.75, 3.05) is 0 Å². The molecule has 1 aromatic rings. The second-order valence-corrected chi connectivity index (χ2v) is 7.13. The molecule has 1 radical (unpaired) electrons. The van der Waals surface area contributed by atoms with Crippen molar-refractivity contribution in [1.82, 2.24) is 0 Å². The number of benzene rings is 1. The van der Waals surface area contributed by atoms with Crippen molar-refractivity contribution in [3.8, 4) is 0 Å². The van der Waals surface area contributed by atoms with Gasteiger partial charge in [0.05, 0.1) is 0 Å². The first-order valence-corrected chi connectivity index (χ1v) is 8.36. The van der Waals surface area contributed by atoms with Gasteiger partial charge in [-0.05, 0) is 0 Å². The van der Waals surface area contributed by atoms with E-state index < -0.39 is 11.6 Å². The summed E-state index contributed by atoms with van der Waals surface area (Å²) in [6, 6.07) is 7.42. The summed E-state index contributed by atoms with van der Waals surface area (Å²) in [7, 11) is 0. The molecule has 1 saturated carbocycles. The van der Waals surface area contributed by atoms with Crippen LogP contribution in [0, 0.1) is 0 Å². The van der Waals surface area contributed by atoms with Gasteiger partial charge < -0.3 is 0 Å². The minimum atomic E-state index is -0.899. The minimum absolute atomic E-state index is 0.0132. The Morgan fingerprint density at radius 1 is 1.52 bits per heavy atom. The van der Waals surface area contributed by atoms with Crippen molar-refractivity contribution in [1.29, 1.82) is 0 Å². The molecule has 4 nitrogen and oxygen atoms in total. The molecule has 1 fully saturated rings. The Labute approximate surface area is 136 Å². The molecule has 3 rings (SSSR count). The molecule has 0 unspecified atom stereocenters. The van der Waals surface area contributed by atoms with E-state index in [-0.39, 0.29) is 10.7 Å². The van der Waals surface area contributed by atoms with Crippen molar-refractivity contribution < 1.29 is 9.53 Å². The van der Waals surface area contributed by atoms with E-state index in [9.17, 15) is 4.79 Å². The number of rotatable bonds is 3. The van der Waals surface area contributed by atoms with Crippen molar-refractivity contribution >= 4 is 39.3 Å². The number of aliphatic imine (C=N–C) groups is 1. The Kier molecular flexibility index (Phi) is 4.10. The van der Waals surface area contributed by atoms with Crippen LogP contribution < -0.4 is 5.73 Å². The summed E-state index contributed by atoms with van der Waals surface area (Å²) in [5, 5.41) is 0.573. The molecule has 111 valence electrons. The van der Waals surface area contributed by atoms with Crippen LogP contribution in [0.2, 0.25) is 5.02 Å². The second kappa shape index (κ2) is 5.73. The van der Waals surface area contributed by atoms with E-state index in [1.165, 1.54) is 0 Å². The van der Waals surface area contributed by atoms with E-state index in [0.717, 1.165) is 18.4 Å². The monoisotopic (exact) mass is 371 g/mol. The zero-order valence-electron chi connectivity index (χ0n) is 11.4. The Morgan fingerprint density at radius 3 is 3.00 bits per heavy atom. The summed E-state index contributed by atoms with van der Waals surface area (Å²) in [5.41, 5.74) is 5.67. The molecule has 2 bridgehead atoms.